The SMILES string of the molecule is O=C1C2C3C=CC3C2C(=O)N1c1ccccc1. The van der Waals surface area contributed by atoms with Crippen molar-refractivity contribution in [1.82, 2.24) is 0 Å². The zero-order valence-corrected chi connectivity index (χ0v) is 9.11. The lowest BCUT2D eigenvalue weighted by atomic mass is 9.52. The van der Waals surface area contributed by atoms with Crippen molar-refractivity contribution >= 4 is 17.5 Å². The molecule has 3 nitrogen and oxygen atoms in total. The van der Waals surface area contributed by atoms with E-state index in [1.165, 1.54) is 4.90 Å². The molecule has 2 fully saturated rings. The molecule has 1 aliphatic heterocycles. The minimum Gasteiger partial charge on any atom is -0.274 e. The molecule has 1 saturated heterocycles. The number of rotatable bonds is 1. The maximum atomic E-state index is 12.2. The van der Waals surface area contributed by atoms with Gasteiger partial charge in [0.15, 0.2) is 0 Å². The van der Waals surface area contributed by atoms with E-state index in [9.17, 15) is 9.59 Å². The second kappa shape index (κ2) is 2.86. The van der Waals surface area contributed by atoms with Gasteiger partial charge in [-0.05, 0) is 24.0 Å². The van der Waals surface area contributed by atoms with E-state index in [1.54, 1.807) is 0 Å². The molecule has 1 aromatic carbocycles. The molecule has 1 aromatic rings. The number of benzene rings is 1. The van der Waals surface area contributed by atoms with E-state index in [4.69, 9.17) is 0 Å². The maximum Gasteiger partial charge on any atom is 0.238 e. The number of nitrogens with zero attached hydrogens (tertiary/aromatic N) is 1. The van der Waals surface area contributed by atoms with Crippen LogP contribution in [0.3, 0.4) is 0 Å². The lowest BCUT2D eigenvalue weighted by Gasteiger charge is -2.48. The second-order valence-corrected chi connectivity index (χ2v) is 4.94. The highest BCUT2D eigenvalue weighted by Crippen LogP contribution is 2.58. The summed E-state index contributed by atoms with van der Waals surface area (Å²) in [6.45, 7) is 0. The molecule has 3 aliphatic rings. The zero-order valence-electron chi connectivity index (χ0n) is 9.11. The van der Waals surface area contributed by atoms with Gasteiger partial charge in [-0.15, -0.1) is 0 Å². The van der Waals surface area contributed by atoms with Gasteiger partial charge >= 0.3 is 0 Å². The van der Waals surface area contributed by atoms with Crippen LogP contribution in [-0.2, 0) is 9.59 Å². The quantitative estimate of drug-likeness (QED) is 0.538. The highest BCUT2D eigenvalue weighted by molar-refractivity contribution is 6.23. The van der Waals surface area contributed by atoms with Crippen LogP contribution in [0.5, 0.6) is 0 Å². The molecule has 0 N–H and O–H groups in total. The third-order valence-corrected chi connectivity index (χ3v) is 4.24. The fourth-order valence-electron chi connectivity index (χ4n) is 3.29. The summed E-state index contributed by atoms with van der Waals surface area (Å²) in [6.07, 6.45) is 4.12. The van der Waals surface area contributed by atoms with Gasteiger partial charge in [-0.1, -0.05) is 30.4 Å². The first-order valence-corrected chi connectivity index (χ1v) is 5.90. The summed E-state index contributed by atoms with van der Waals surface area (Å²) >= 11 is 0. The first-order valence-electron chi connectivity index (χ1n) is 5.90. The lowest BCUT2D eigenvalue weighted by molar-refractivity contribution is -0.132. The van der Waals surface area contributed by atoms with Gasteiger partial charge in [0.2, 0.25) is 11.8 Å². The largest absolute Gasteiger partial charge is 0.274 e. The van der Waals surface area contributed by atoms with Crippen molar-refractivity contribution in [1.29, 1.82) is 0 Å². The third kappa shape index (κ3) is 0.931. The third-order valence-electron chi connectivity index (χ3n) is 4.24. The van der Waals surface area contributed by atoms with E-state index in [1.807, 2.05) is 30.3 Å². The molecule has 84 valence electrons. The van der Waals surface area contributed by atoms with Gasteiger partial charge in [0.05, 0.1) is 17.5 Å². The minimum absolute atomic E-state index is 0.0169. The Hall–Kier alpha value is -1.90. The fourth-order valence-corrected chi connectivity index (χ4v) is 3.29. The van der Waals surface area contributed by atoms with Crippen LogP contribution in [0.2, 0.25) is 0 Å². The first-order chi connectivity index (χ1) is 8.29. The number of amides is 2. The Labute approximate surface area is 98.7 Å². The normalized spacial score (nSPS) is 37.3. The van der Waals surface area contributed by atoms with Crippen LogP contribution in [0.1, 0.15) is 0 Å². The Morgan fingerprint density at radius 3 is 1.82 bits per heavy atom. The monoisotopic (exact) mass is 225 g/mol. The summed E-state index contributed by atoms with van der Waals surface area (Å²) in [5.41, 5.74) is 0.705. The van der Waals surface area contributed by atoms with Gasteiger partial charge in [-0.2, -0.15) is 0 Å². The van der Waals surface area contributed by atoms with Gasteiger partial charge in [-0.25, -0.2) is 0 Å². The Bertz CT molecular complexity index is 519. The number of fused-ring (bicyclic) bond motifs is 4. The molecule has 0 radical (unpaired) electrons. The summed E-state index contributed by atoms with van der Waals surface area (Å²) in [5.74, 6) is 0.444. The van der Waals surface area contributed by atoms with Crippen molar-refractivity contribution in [3.05, 3.63) is 42.5 Å². The second-order valence-electron chi connectivity index (χ2n) is 4.94. The molecule has 4 atom stereocenters. The molecule has 0 bridgehead atoms. The molecule has 1 saturated carbocycles. The van der Waals surface area contributed by atoms with Crippen LogP contribution >= 0.6 is 0 Å². The van der Waals surface area contributed by atoms with Crippen LogP contribution < -0.4 is 4.90 Å². The maximum absolute atomic E-state index is 12.2. The molecule has 2 amide bonds. The number of para-hydroxylation sites is 1. The predicted molar refractivity (Wildman–Crippen MR) is 62.0 cm³/mol. The van der Waals surface area contributed by atoms with E-state index in [0.29, 0.717) is 17.5 Å². The molecular weight excluding hydrogens is 214 g/mol. The fraction of sp³-hybridized carbons (Fsp3) is 0.286. The molecule has 4 rings (SSSR count). The molecule has 0 spiro atoms. The number of carbonyl (C=O) groups excluding carboxylic acids is 2. The van der Waals surface area contributed by atoms with Crippen molar-refractivity contribution in [3.63, 3.8) is 0 Å². The lowest BCUT2D eigenvalue weighted by Crippen LogP contribution is -2.50. The summed E-state index contributed by atoms with van der Waals surface area (Å²) in [7, 11) is 0. The molecule has 1 heterocycles. The van der Waals surface area contributed by atoms with Crippen molar-refractivity contribution in [2.75, 3.05) is 4.90 Å². The van der Waals surface area contributed by atoms with Gasteiger partial charge < -0.3 is 0 Å². The van der Waals surface area contributed by atoms with E-state index < -0.39 is 0 Å². The van der Waals surface area contributed by atoms with Gasteiger partial charge in [0.1, 0.15) is 0 Å². The minimum atomic E-state index is -0.0855. The van der Waals surface area contributed by atoms with Crippen molar-refractivity contribution in [3.8, 4) is 0 Å². The van der Waals surface area contributed by atoms with E-state index >= 15 is 0 Å². The first kappa shape index (κ1) is 9.16. The van der Waals surface area contributed by atoms with Crippen molar-refractivity contribution in [2.24, 2.45) is 23.7 Å². The van der Waals surface area contributed by atoms with Crippen LogP contribution in [-0.4, -0.2) is 11.8 Å². The van der Waals surface area contributed by atoms with Gasteiger partial charge in [0, 0.05) is 0 Å². The van der Waals surface area contributed by atoms with Crippen molar-refractivity contribution in [2.45, 2.75) is 0 Å². The average Bonchev–Trinajstić information content (AvgIpc) is 2.52. The van der Waals surface area contributed by atoms with Gasteiger partial charge in [0.25, 0.3) is 0 Å². The van der Waals surface area contributed by atoms with Crippen LogP contribution in [0.4, 0.5) is 5.69 Å². The standard InChI is InChI=1S/C14H11NO2/c16-13-11-9-6-7-10(9)12(11)14(17)15(13)8-4-2-1-3-5-8/h1-7,9-12H. The Kier molecular flexibility index (Phi) is 1.54. The number of anilines is 1. The highest BCUT2D eigenvalue weighted by Gasteiger charge is 2.65. The van der Waals surface area contributed by atoms with Crippen molar-refractivity contribution < 1.29 is 9.59 Å². The molecule has 3 heteroatoms. The molecule has 2 aliphatic carbocycles. The smallest absolute Gasteiger partial charge is 0.238 e. The number of hydrogen-bond acceptors (Lipinski definition) is 2. The van der Waals surface area contributed by atoms with Crippen LogP contribution in [0.15, 0.2) is 42.5 Å². The Morgan fingerprint density at radius 1 is 0.824 bits per heavy atom. The zero-order chi connectivity index (χ0) is 11.6. The van der Waals surface area contributed by atoms with Crippen LogP contribution in [0.25, 0.3) is 0 Å². The number of carbonyl (C=O) groups is 2. The van der Waals surface area contributed by atoms with E-state index in [0.717, 1.165) is 0 Å². The van der Waals surface area contributed by atoms with Crippen LogP contribution in [0, 0.1) is 23.7 Å². The molecule has 0 aromatic heterocycles. The molecule has 4 unspecified atom stereocenters. The Morgan fingerprint density at radius 2 is 1.35 bits per heavy atom. The van der Waals surface area contributed by atoms with E-state index in [-0.39, 0.29) is 23.7 Å². The summed E-state index contributed by atoms with van der Waals surface area (Å²) in [6, 6.07) is 9.21. The number of imide groups is 1. The number of hydrogen-bond donors (Lipinski definition) is 0. The average molecular weight is 225 g/mol. The molecular formula is C14H11NO2. The summed E-state index contributed by atoms with van der Waals surface area (Å²) in [4.78, 5) is 25.8. The summed E-state index contributed by atoms with van der Waals surface area (Å²) < 4.78 is 0. The molecule has 17 heavy (non-hydrogen) atoms. The topological polar surface area (TPSA) is 37.4 Å². The van der Waals surface area contributed by atoms with Gasteiger partial charge in [-0.3, -0.25) is 14.5 Å². The predicted octanol–water partition coefficient (Wildman–Crippen LogP) is 1.61. The Balaban J connectivity index is 1.75. The highest BCUT2D eigenvalue weighted by atomic mass is 16.2. The number of allylic oxidation sites excluding steroid dienone is 2. The van der Waals surface area contributed by atoms with E-state index in [2.05, 4.69) is 12.2 Å². The summed E-state index contributed by atoms with van der Waals surface area (Å²) in [5, 5.41) is 0.